The first kappa shape index (κ1) is 20.5. The fraction of sp³-hybridized carbons (Fsp3) is 0.261. The van der Waals surface area contributed by atoms with Crippen LogP contribution in [0.5, 0.6) is 11.5 Å². The van der Waals surface area contributed by atoms with Crippen LogP contribution in [0, 0.1) is 0 Å². The lowest BCUT2D eigenvalue weighted by molar-refractivity contribution is 0.102. The topological polar surface area (TPSA) is 80.9 Å². The van der Waals surface area contributed by atoms with Crippen molar-refractivity contribution >= 4 is 11.6 Å². The molecule has 1 atom stereocenters. The number of ether oxygens (including phenoxy) is 2. The smallest absolute Gasteiger partial charge is 0.255 e. The van der Waals surface area contributed by atoms with Gasteiger partial charge in [-0.25, -0.2) is 0 Å². The highest BCUT2D eigenvalue weighted by Crippen LogP contribution is 2.33. The number of anilines is 1. The average molecular weight is 395 g/mol. The second-order valence-electron chi connectivity index (χ2n) is 6.65. The Morgan fingerprint density at radius 3 is 2.52 bits per heavy atom. The number of furan rings is 1. The lowest BCUT2D eigenvalue weighted by Gasteiger charge is -2.13. The maximum Gasteiger partial charge on any atom is 0.255 e. The summed E-state index contributed by atoms with van der Waals surface area (Å²) in [6, 6.07) is 15.8. The molecule has 1 aromatic heterocycles. The van der Waals surface area contributed by atoms with Gasteiger partial charge in [-0.3, -0.25) is 4.79 Å². The summed E-state index contributed by atoms with van der Waals surface area (Å²) in [7, 11) is 1.55. The highest BCUT2D eigenvalue weighted by Gasteiger charge is 2.13. The zero-order chi connectivity index (χ0) is 20.8. The van der Waals surface area contributed by atoms with E-state index in [1.807, 2.05) is 6.92 Å². The van der Waals surface area contributed by atoms with Crippen LogP contribution >= 0.6 is 0 Å². The summed E-state index contributed by atoms with van der Waals surface area (Å²) < 4.78 is 16.8. The molecule has 0 aliphatic heterocycles. The second-order valence-corrected chi connectivity index (χ2v) is 6.65. The van der Waals surface area contributed by atoms with E-state index >= 15 is 0 Å². The van der Waals surface area contributed by atoms with Crippen LogP contribution in [0.1, 0.15) is 36.4 Å². The van der Waals surface area contributed by atoms with Gasteiger partial charge in [0.15, 0.2) is 0 Å². The van der Waals surface area contributed by atoms with Gasteiger partial charge >= 0.3 is 0 Å². The van der Waals surface area contributed by atoms with Crippen LogP contribution in [0.4, 0.5) is 5.69 Å². The van der Waals surface area contributed by atoms with Crippen LogP contribution in [-0.2, 0) is 6.61 Å². The van der Waals surface area contributed by atoms with Crippen molar-refractivity contribution in [1.29, 1.82) is 0 Å². The SMILES string of the molecule is CC[C@@H](C)Oc1ccc(C(=O)Nc2ccc(-c3ccc(CO)o3)c(OC)c2)cc1. The van der Waals surface area contributed by atoms with E-state index in [4.69, 9.17) is 19.0 Å². The molecule has 0 radical (unpaired) electrons. The molecule has 1 heterocycles. The van der Waals surface area contributed by atoms with Crippen molar-refractivity contribution in [3.05, 3.63) is 65.9 Å². The van der Waals surface area contributed by atoms with E-state index in [9.17, 15) is 4.79 Å². The van der Waals surface area contributed by atoms with E-state index < -0.39 is 0 Å². The van der Waals surface area contributed by atoms with Gasteiger partial charge in [0.2, 0.25) is 0 Å². The summed E-state index contributed by atoms with van der Waals surface area (Å²) in [6.07, 6.45) is 1.04. The molecule has 0 aliphatic carbocycles. The van der Waals surface area contributed by atoms with Gasteiger partial charge in [0.05, 0.1) is 18.8 Å². The summed E-state index contributed by atoms with van der Waals surface area (Å²) in [6.45, 7) is 3.89. The molecule has 29 heavy (non-hydrogen) atoms. The maximum absolute atomic E-state index is 12.6. The zero-order valence-electron chi connectivity index (χ0n) is 16.8. The predicted octanol–water partition coefficient (Wildman–Crippen LogP) is 4.88. The van der Waals surface area contributed by atoms with Crippen LogP contribution in [-0.4, -0.2) is 24.2 Å². The van der Waals surface area contributed by atoms with E-state index in [0.29, 0.717) is 28.5 Å². The van der Waals surface area contributed by atoms with Crippen LogP contribution in [0.25, 0.3) is 11.3 Å². The van der Waals surface area contributed by atoms with E-state index in [0.717, 1.165) is 17.7 Å². The Kier molecular flexibility index (Phi) is 6.57. The molecule has 0 aliphatic rings. The number of aliphatic hydroxyl groups is 1. The monoisotopic (exact) mass is 395 g/mol. The molecule has 1 amide bonds. The quantitative estimate of drug-likeness (QED) is 0.568. The summed E-state index contributed by atoms with van der Waals surface area (Å²) in [4.78, 5) is 12.6. The number of carbonyl (C=O) groups excluding carboxylic acids is 1. The lowest BCUT2D eigenvalue weighted by atomic mass is 10.1. The molecule has 0 saturated carbocycles. The third-order valence-electron chi connectivity index (χ3n) is 4.57. The number of aliphatic hydroxyl groups excluding tert-OH is 1. The molecule has 0 spiro atoms. The Labute approximate surface area is 170 Å². The molecule has 152 valence electrons. The number of hydrogen-bond donors (Lipinski definition) is 2. The number of benzene rings is 2. The average Bonchev–Trinajstić information content (AvgIpc) is 3.23. The largest absolute Gasteiger partial charge is 0.496 e. The van der Waals surface area contributed by atoms with Gasteiger partial charge in [0, 0.05) is 17.3 Å². The fourth-order valence-electron chi connectivity index (χ4n) is 2.78. The molecule has 0 unspecified atom stereocenters. The number of rotatable bonds is 8. The number of hydrogen-bond acceptors (Lipinski definition) is 5. The van der Waals surface area contributed by atoms with Crippen LogP contribution in [0.2, 0.25) is 0 Å². The van der Waals surface area contributed by atoms with Crippen LogP contribution in [0.3, 0.4) is 0 Å². The van der Waals surface area contributed by atoms with Gasteiger partial charge in [-0.15, -0.1) is 0 Å². The predicted molar refractivity (Wildman–Crippen MR) is 111 cm³/mol. The highest BCUT2D eigenvalue weighted by molar-refractivity contribution is 6.04. The first-order valence-electron chi connectivity index (χ1n) is 9.50. The third-order valence-corrected chi connectivity index (χ3v) is 4.57. The number of nitrogens with one attached hydrogen (secondary N) is 1. The first-order valence-corrected chi connectivity index (χ1v) is 9.50. The Balaban J connectivity index is 1.73. The summed E-state index contributed by atoms with van der Waals surface area (Å²) in [5.41, 5.74) is 1.87. The number of methoxy groups -OCH3 is 1. The van der Waals surface area contributed by atoms with Gasteiger partial charge in [-0.2, -0.15) is 0 Å². The molecule has 3 rings (SSSR count). The van der Waals surface area contributed by atoms with Crippen LogP contribution in [0.15, 0.2) is 59.0 Å². The summed E-state index contributed by atoms with van der Waals surface area (Å²) >= 11 is 0. The van der Waals surface area contributed by atoms with Crippen molar-refractivity contribution < 1.29 is 23.8 Å². The molecule has 2 aromatic carbocycles. The van der Waals surface area contributed by atoms with E-state index in [1.165, 1.54) is 0 Å². The molecule has 3 aromatic rings. The molecule has 2 N–H and O–H groups in total. The standard InChI is InChI=1S/C23H25NO5/c1-4-15(2)28-18-8-5-16(6-9-18)23(26)24-17-7-11-20(22(13-17)27-3)21-12-10-19(14-25)29-21/h5-13,15,25H,4,14H2,1-3H3,(H,24,26)/t15-/m1/s1. The van der Waals surface area contributed by atoms with Crippen molar-refractivity contribution in [2.75, 3.05) is 12.4 Å². The van der Waals surface area contributed by atoms with Gasteiger partial charge in [-0.1, -0.05) is 6.92 Å². The molecule has 6 nitrogen and oxygen atoms in total. The molecule has 0 bridgehead atoms. The number of amides is 1. The van der Waals surface area contributed by atoms with Crippen molar-refractivity contribution in [3.63, 3.8) is 0 Å². The van der Waals surface area contributed by atoms with Gasteiger partial charge < -0.3 is 24.3 Å². The maximum atomic E-state index is 12.6. The van der Waals surface area contributed by atoms with E-state index in [-0.39, 0.29) is 18.6 Å². The zero-order valence-corrected chi connectivity index (χ0v) is 16.8. The minimum absolute atomic E-state index is 0.128. The van der Waals surface area contributed by atoms with E-state index in [2.05, 4.69) is 12.2 Å². The Morgan fingerprint density at radius 1 is 1.14 bits per heavy atom. The van der Waals surface area contributed by atoms with Gasteiger partial charge in [0.1, 0.15) is 29.6 Å². The molecular formula is C23H25NO5. The normalized spacial score (nSPS) is 11.7. The highest BCUT2D eigenvalue weighted by atomic mass is 16.5. The van der Waals surface area contributed by atoms with Gasteiger partial charge in [0.25, 0.3) is 5.91 Å². The Morgan fingerprint density at radius 2 is 1.90 bits per heavy atom. The van der Waals surface area contributed by atoms with E-state index in [1.54, 1.807) is 61.7 Å². The van der Waals surface area contributed by atoms with Crippen molar-refractivity contribution in [3.8, 4) is 22.8 Å². The Bertz CT molecular complexity index is 962. The molecule has 6 heteroatoms. The summed E-state index contributed by atoms with van der Waals surface area (Å²) in [5.74, 6) is 2.12. The van der Waals surface area contributed by atoms with Gasteiger partial charge in [-0.05, 0) is 61.9 Å². The van der Waals surface area contributed by atoms with Crippen LogP contribution < -0.4 is 14.8 Å². The van der Waals surface area contributed by atoms with Crippen molar-refractivity contribution in [2.45, 2.75) is 33.0 Å². The van der Waals surface area contributed by atoms with Crippen molar-refractivity contribution in [2.24, 2.45) is 0 Å². The molecule has 0 saturated heterocycles. The summed E-state index contributed by atoms with van der Waals surface area (Å²) in [5, 5.41) is 12.0. The fourth-order valence-corrected chi connectivity index (χ4v) is 2.78. The number of carbonyl (C=O) groups is 1. The molecule has 0 fully saturated rings. The Hall–Kier alpha value is -3.25. The first-order chi connectivity index (χ1) is 14.0. The third kappa shape index (κ3) is 4.97. The minimum atomic E-state index is -0.226. The second kappa shape index (κ2) is 9.30. The van der Waals surface area contributed by atoms with Crippen molar-refractivity contribution in [1.82, 2.24) is 0 Å². The lowest BCUT2D eigenvalue weighted by Crippen LogP contribution is -2.13. The minimum Gasteiger partial charge on any atom is -0.496 e. The molecular weight excluding hydrogens is 370 g/mol.